The van der Waals surface area contributed by atoms with Crippen LogP contribution in [0.1, 0.15) is 17.4 Å². The van der Waals surface area contributed by atoms with Gasteiger partial charge < -0.3 is 19.9 Å². The molecular weight excluding hydrogens is 312 g/mol. The number of aliphatic hydroxyl groups excluding tert-OH is 1. The normalized spacial score (nSPS) is 15.0. The van der Waals surface area contributed by atoms with Crippen LogP contribution in [0.25, 0.3) is 0 Å². The average Bonchev–Trinajstić information content (AvgIpc) is 3.00. The highest BCUT2D eigenvalue weighted by Gasteiger charge is 2.19. The molecule has 2 N–H and O–H groups in total. The molecule has 0 spiro atoms. The van der Waals surface area contributed by atoms with E-state index in [1.807, 2.05) is 5.38 Å². The molecule has 0 bridgehead atoms. The minimum absolute atomic E-state index is 0.410. The van der Waals surface area contributed by atoms with Crippen molar-refractivity contribution < 1.29 is 14.6 Å². The molecule has 112 valence electrons. The second-order valence-electron chi connectivity index (χ2n) is 4.65. The molecule has 1 aliphatic rings. The largest absolute Gasteiger partial charge is 0.486 e. The first kappa shape index (κ1) is 14.6. The molecule has 3 rings (SSSR count). The predicted molar refractivity (Wildman–Crippen MR) is 81.2 cm³/mol. The third-order valence-corrected chi connectivity index (χ3v) is 4.05. The highest BCUT2D eigenvalue weighted by Crippen LogP contribution is 2.39. The van der Waals surface area contributed by atoms with Gasteiger partial charge in [-0.05, 0) is 17.7 Å². The van der Waals surface area contributed by atoms with Crippen molar-refractivity contribution in [2.45, 2.75) is 12.6 Å². The average molecular weight is 327 g/mol. The summed E-state index contributed by atoms with van der Waals surface area (Å²) in [5, 5.41) is 15.8. The van der Waals surface area contributed by atoms with Gasteiger partial charge in [-0.2, -0.15) is 0 Å². The summed E-state index contributed by atoms with van der Waals surface area (Å²) in [6, 6.07) is 3.49. The van der Waals surface area contributed by atoms with Gasteiger partial charge in [0, 0.05) is 18.5 Å². The number of benzene rings is 1. The number of nitrogens with one attached hydrogen (secondary N) is 1. The molecule has 0 aliphatic carbocycles. The summed E-state index contributed by atoms with van der Waals surface area (Å²) in [6.07, 6.45) is -0.669. The van der Waals surface area contributed by atoms with Crippen molar-refractivity contribution >= 4 is 22.9 Å². The topological polar surface area (TPSA) is 63.6 Å². The van der Waals surface area contributed by atoms with Gasteiger partial charge in [0.25, 0.3) is 0 Å². The van der Waals surface area contributed by atoms with Gasteiger partial charge in [-0.25, -0.2) is 4.98 Å². The lowest BCUT2D eigenvalue weighted by Gasteiger charge is -2.21. The molecule has 1 unspecified atom stereocenters. The highest BCUT2D eigenvalue weighted by molar-refractivity contribution is 7.07. The number of aliphatic hydroxyl groups is 1. The first-order chi connectivity index (χ1) is 10.2. The second kappa shape index (κ2) is 6.62. The number of fused-ring (bicyclic) bond motifs is 1. The summed E-state index contributed by atoms with van der Waals surface area (Å²) in [5.41, 5.74) is 3.45. The van der Waals surface area contributed by atoms with Crippen molar-refractivity contribution in [1.82, 2.24) is 10.3 Å². The number of hydrogen-bond acceptors (Lipinski definition) is 6. The van der Waals surface area contributed by atoms with Gasteiger partial charge in [0.2, 0.25) is 0 Å². The molecule has 0 saturated carbocycles. The van der Waals surface area contributed by atoms with E-state index in [2.05, 4.69) is 10.3 Å². The molecule has 1 atom stereocenters. The van der Waals surface area contributed by atoms with Gasteiger partial charge in [-0.15, -0.1) is 11.3 Å². The quantitative estimate of drug-likeness (QED) is 0.883. The number of ether oxygens (including phenoxy) is 2. The Labute approximate surface area is 131 Å². The lowest BCUT2D eigenvalue weighted by atomic mass is 10.1. The smallest absolute Gasteiger partial charge is 0.179 e. The Morgan fingerprint density at radius 2 is 2.24 bits per heavy atom. The van der Waals surface area contributed by atoms with E-state index in [1.165, 1.54) is 0 Å². The lowest BCUT2D eigenvalue weighted by molar-refractivity contribution is 0.163. The number of nitrogens with zero attached hydrogens (tertiary/aromatic N) is 1. The Morgan fingerprint density at radius 3 is 3.05 bits per heavy atom. The van der Waals surface area contributed by atoms with Crippen LogP contribution in [-0.2, 0) is 6.54 Å². The second-order valence-corrected chi connectivity index (χ2v) is 5.78. The Kier molecular flexibility index (Phi) is 4.60. The van der Waals surface area contributed by atoms with Crippen molar-refractivity contribution in [3.63, 3.8) is 0 Å². The minimum atomic E-state index is -0.669. The molecule has 1 aliphatic heterocycles. The maximum Gasteiger partial charge on any atom is 0.179 e. The van der Waals surface area contributed by atoms with Gasteiger partial charge in [0.1, 0.15) is 13.2 Å². The molecule has 0 radical (unpaired) electrons. The van der Waals surface area contributed by atoms with Gasteiger partial charge in [-0.3, -0.25) is 0 Å². The molecule has 21 heavy (non-hydrogen) atoms. The van der Waals surface area contributed by atoms with Crippen LogP contribution in [0.5, 0.6) is 11.5 Å². The van der Waals surface area contributed by atoms with Crippen LogP contribution in [0.4, 0.5) is 0 Å². The van der Waals surface area contributed by atoms with E-state index in [9.17, 15) is 5.11 Å². The van der Waals surface area contributed by atoms with Crippen molar-refractivity contribution in [3.8, 4) is 11.5 Å². The van der Waals surface area contributed by atoms with Crippen molar-refractivity contribution in [1.29, 1.82) is 0 Å². The maximum atomic E-state index is 10.2. The molecule has 0 saturated heterocycles. The predicted octanol–water partition coefficient (Wildman–Crippen LogP) is 2.39. The number of hydrogen-bond donors (Lipinski definition) is 2. The molecule has 5 nitrogen and oxygen atoms in total. The van der Waals surface area contributed by atoms with Crippen LogP contribution in [-0.4, -0.2) is 29.8 Å². The fourth-order valence-electron chi connectivity index (χ4n) is 2.10. The third kappa shape index (κ3) is 3.47. The molecular formula is C14H15ClN2O3S. The Hall–Kier alpha value is -1.34. The number of thiazole rings is 1. The van der Waals surface area contributed by atoms with Crippen LogP contribution in [0.2, 0.25) is 5.02 Å². The van der Waals surface area contributed by atoms with Gasteiger partial charge >= 0.3 is 0 Å². The number of rotatable bonds is 5. The monoisotopic (exact) mass is 326 g/mol. The zero-order valence-corrected chi connectivity index (χ0v) is 12.8. The van der Waals surface area contributed by atoms with Gasteiger partial charge in [-0.1, -0.05) is 11.6 Å². The highest BCUT2D eigenvalue weighted by atomic mass is 35.5. The first-order valence-corrected chi connectivity index (χ1v) is 7.91. The van der Waals surface area contributed by atoms with Gasteiger partial charge in [0.05, 0.1) is 22.3 Å². The molecule has 2 aromatic rings. The third-order valence-electron chi connectivity index (χ3n) is 3.13. The Balaban J connectivity index is 1.64. The SMILES string of the molecule is OC(CNCc1cscn1)c1cc(Cl)c2c(c1)OCCO2. The molecule has 2 heterocycles. The first-order valence-electron chi connectivity index (χ1n) is 6.59. The Morgan fingerprint density at radius 1 is 1.38 bits per heavy atom. The summed E-state index contributed by atoms with van der Waals surface area (Å²) in [7, 11) is 0. The van der Waals surface area contributed by atoms with Crippen molar-refractivity contribution in [2.24, 2.45) is 0 Å². The maximum absolute atomic E-state index is 10.2. The van der Waals surface area contributed by atoms with E-state index >= 15 is 0 Å². The lowest BCUT2D eigenvalue weighted by Crippen LogP contribution is -2.22. The summed E-state index contributed by atoms with van der Waals surface area (Å²) < 4.78 is 11.0. The minimum Gasteiger partial charge on any atom is -0.486 e. The molecule has 1 aromatic carbocycles. The van der Waals surface area contributed by atoms with Crippen LogP contribution >= 0.6 is 22.9 Å². The van der Waals surface area contributed by atoms with Crippen LogP contribution < -0.4 is 14.8 Å². The van der Waals surface area contributed by atoms with Crippen molar-refractivity contribution in [3.05, 3.63) is 39.3 Å². The molecule has 1 aromatic heterocycles. The summed E-state index contributed by atoms with van der Waals surface area (Å²) >= 11 is 7.71. The molecule has 7 heteroatoms. The Bertz CT molecular complexity index is 607. The number of halogens is 1. The summed E-state index contributed by atoms with van der Waals surface area (Å²) in [4.78, 5) is 4.17. The van der Waals surface area contributed by atoms with Crippen molar-refractivity contribution in [2.75, 3.05) is 19.8 Å². The fourth-order valence-corrected chi connectivity index (χ4v) is 2.93. The number of aromatic nitrogens is 1. The fraction of sp³-hybridized carbons (Fsp3) is 0.357. The van der Waals surface area contributed by atoms with E-state index in [0.717, 1.165) is 5.69 Å². The van der Waals surface area contributed by atoms with Crippen LogP contribution in [0, 0.1) is 0 Å². The van der Waals surface area contributed by atoms with E-state index in [-0.39, 0.29) is 0 Å². The summed E-state index contributed by atoms with van der Waals surface area (Å²) in [5.74, 6) is 1.14. The van der Waals surface area contributed by atoms with E-state index in [4.69, 9.17) is 21.1 Å². The molecule has 0 amide bonds. The summed E-state index contributed by atoms with van der Waals surface area (Å²) in [6.45, 7) is 2.01. The van der Waals surface area contributed by atoms with Crippen LogP contribution in [0.3, 0.4) is 0 Å². The van der Waals surface area contributed by atoms with E-state index in [1.54, 1.807) is 29.0 Å². The van der Waals surface area contributed by atoms with E-state index < -0.39 is 6.10 Å². The van der Waals surface area contributed by atoms with Crippen LogP contribution in [0.15, 0.2) is 23.0 Å². The zero-order valence-electron chi connectivity index (χ0n) is 11.2. The molecule has 0 fully saturated rings. The van der Waals surface area contributed by atoms with E-state index in [0.29, 0.717) is 48.4 Å². The zero-order chi connectivity index (χ0) is 14.7. The standard InChI is InChI=1S/C14H15ClN2O3S/c15-11-3-9(4-13-14(11)20-2-1-19-13)12(18)6-16-5-10-7-21-8-17-10/h3-4,7-8,12,16,18H,1-2,5-6H2. The van der Waals surface area contributed by atoms with Gasteiger partial charge in [0.15, 0.2) is 11.5 Å².